The third-order valence-corrected chi connectivity index (χ3v) is 5.10. The summed E-state index contributed by atoms with van der Waals surface area (Å²) in [5, 5.41) is 0.198. The Morgan fingerprint density at radius 1 is 1.24 bits per heavy atom. The van der Waals surface area contributed by atoms with E-state index in [0.717, 1.165) is 6.42 Å². The molecule has 1 unspecified atom stereocenters. The second-order valence-electron chi connectivity index (χ2n) is 4.59. The Kier molecular flexibility index (Phi) is 7.81. The van der Waals surface area contributed by atoms with Gasteiger partial charge in [-0.1, -0.05) is 45.4 Å². The van der Waals surface area contributed by atoms with Crippen molar-refractivity contribution in [2.75, 3.05) is 0 Å². The summed E-state index contributed by atoms with van der Waals surface area (Å²) in [6.07, 6.45) is 9.13. The second kappa shape index (κ2) is 8.55. The average Bonchev–Trinajstić information content (AvgIpc) is 2.62. The van der Waals surface area contributed by atoms with E-state index in [0.29, 0.717) is 0 Å². The minimum Gasteiger partial charge on any atom is -0.133 e. The lowest BCUT2D eigenvalue weighted by atomic mass is 10.0. The van der Waals surface area contributed by atoms with Gasteiger partial charge in [0, 0.05) is 4.88 Å². The van der Waals surface area contributed by atoms with Crippen molar-refractivity contribution >= 4 is 38.9 Å². The quantitative estimate of drug-likeness (QED) is 0.359. The fourth-order valence-corrected chi connectivity index (χ4v) is 4.25. The molecule has 17 heavy (non-hydrogen) atoms. The van der Waals surface area contributed by atoms with Crippen molar-refractivity contribution in [2.45, 2.75) is 64.2 Å². The van der Waals surface area contributed by atoms with Crippen LogP contribution in [0.1, 0.15) is 67.7 Å². The number of alkyl halides is 1. The Morgan fingerprint density at radius 2 is 1.88 bits per heavy atom. The summed E-state index contributed by atoms with van der Waals surface area (Å²) in [6.45, 7) is 4.41. The molecule has 3 heteroatoms. The van der Waals surface area contributed by atoms with Crippen LogP contribution in [0.3, 0.4) is 0 Å². The van der Waals surface area contributed by atoms with E-state index in [9.17, 15) is 0 Å². The van der Waals surface area contributed by atoms with Crippen LogP contribution in [-0.4, -0.2) is 0 Å². The summed E-state index contributed by atoms with van der Waals surface area (Å²) in [5.74, 6) is 0. The van der Waals surface area contributed by atoms with Gasteiger partial charge in [-0.25, -0.2) is 0 Å². The SMILES string of the molecule is CCCCCCCCC(Cl)c1cc(Br)sc1C. The Bertz CT molecular complexity index is 322. The summed E-state index contributed by atoms with van der Waals surface area (Å²) >= 11 is 11.8. The lowest BCUT2D eigenvalue weighted by Crippen LogP contribution is -1.91. The van der Waals surface area contributed by atoms with Gasteiger partial charge in [-0.3, -0.25) is 0 Å². The molecule has 0 spiro atoms. The van der Waals surface area contributed by atoms with E-state index in [-0.39, 0.29) is 5.38 Å². The van der Waals surface area contributed by atoms with E-state index < -0.39 is 0 Å². The second-order valence-corrected chi connectivity index (χ2v) is 7.75. The molecular formula is C14H22BrClS. The van der Waals surface area contributed by atoms with Gasteiger partial charge >= 0.3 is 0 Å². The van der Waals surface area contributed by atoms with Gasteiger partial charge in [0.05, 0.1) is 9.16 Å². The zero-order valence-corrected chi connectivity index (χ0v) is 13.9. The van der Waals surface area contributed by atoms with E-state index in [1.165, 1.54) is 52.8 Å². The topological polar surface area (TPSA) is 0 Å². The fourth-order valence-electron chi connectivity index (χ4n) is 2.03. The number of hydrogen-bond donors (Lipinski definition) is 0. The van der Waals surface area contributed by atoms with Crippen molar-refractivity contribution in [1.29, 1.82) is 0 Å². The van der Waals surface area contributed by atoms with Crippen molar-refractivity contribution in [3.8, 4) is 0 Å². The molecule has 0 N–H and O–H groups in total. The standard InChI is InChI=1S/C14H22BrClS/c1-3-4-5-6-7-8-9-13(16)12-10-14(15)17-11(12)2/h10,13H,3-9H2,1-2H3. The summed E-state index contributed by atoms with van der Waals surface area (Å²) in [6, 6.07) is 2.18. The van der Waals surface area contributed by atoms with Crippen LogP contribution in [0.15, 0.2) is 9.85 Å². The molecule has 0 aliphatic heterocycles. The first-order valence-electron chi connectivity index (χ1n) is 6.55. The van der Waals surface area contributed by atoms with E-state index in [1.807, 2.05) is 0 Å². The minimum absolute atomic E-state index is 0.198. The van der Waals surface area contributed by atoms with Crippen molar-refractivity contribution in [3.05, 3.63) is 20.3 Å². The maximum absolute atomic E-state index is 6.45. The Morgan fingerprint density at radius 3 is 2.47 bits per heavy atom. The van der Waals surface area contributed by atoms with Gasteiger partial charge in [0.2, 0.25) is 0 Å². The molecule has 1 atom stereocenters. The largest absolute Gasteiger partial charge is 0.133 e. The number of rotatable bonds is 8. The monoisotopic (exact) mass is 336 g/mol. The Labute approximate surface area is 123 Å². The van der Waals surface area contributed by atoms with Crippen LogP contribution in [0.5, 0.6) is 0 Å². The van der Waals surface area contributed by atoms with Crippen molar-refractivity contribution in [3.63, 3.8) is 0 Å². The molecule has 0 saturated heterocycles. The lowest BCUT2D eigenvalue weighted by molar-refractivity contribution is 0.584. The molecule has 0 saturated carbocycles. The normalized spacial score (nSPS) is 12.9. The van der Waals surface area contributed by atoms with Crippen molar-refractivity contribution in [2.24, 2.45) is 0 Å². The summed E-state index contributed by atoms with van der Waals surface area (Å²) < 4.78 is 1.19. The first-order valence-corrected chi connectivity index (χ1v) is 8.59. The van der Waals surface area contributed by atoms with Gasteiger partial charge < -0.3 is 0 Å². The zero-order chi connectivity index (χ0) is 12.7. The number of thiophene rings is 1. The zero-order valence-electron chi connectivity index (χ0n) is 10.8. The van der Waals surface area contributed by atoms with Crippen LogP contribution in [0.25, 0.3) is 0 Å². The summed E-state index contributed by atoms with van der Waals surface area (Å²) in [7, 11) is 0. The summed E-state index contributed by atoms with van der Waals surface area (Å²) in [4.78, 5) is 1.35. The molecule has 0 aliphatic carbocycles. The summed E-state index contributed by atoms with van der Waals surface area (Å²) in [5.41, 5.74) is 1.32. The molecule has 1 rings (SSSR count). The Hall–Kier alpha value is 0.470. The third kappa shape index (κ3) is 5.76. The number of halogens is 2. The molecular weight excluding hydrogens is 316 g/mol. The first kappa shape index (κ1) is 15.5. The molecule has 0 radical (unpaired) electrons. The van der Waals surface area contributed by atoms with Gasteiger partial charge in [-0.2, -0.15) is 0 Å². The molecule has 0 bridgehead atoms. The number of aryl methyl sites for hydroxylation is 1. The van der Waals surface area contributed by atoms with Crippen LogP contribution in [-0.2, 0) is 0 Å². The molecule has 1 aromatic rings. The van der Waals surface area contributed by atoms with Gasteiger partial charge in [-0.05, 0) is 40.9 Å². The Balaban J connectivity index is 2.21. The van der Waals surface area contributed by atoms with E-state index in [2.05, 4.69) is 35.8 Å². The first-order chi connectivity index (χ1) is 8.15. The highest BCUT2D eigenvalue weighted by Gasteiger charge is 2.13. The molecule has 98 valence electrons. The van der Waals surface area contributed by atoms with Crippen LogP contribution in [0, 0.1) is 6.92 Å². The van der Waals surface area contributed by atoms with E-state index >= 15 is 0 Å². The van der Waals surface area contributed by atoms with Gasteiger partial charge in [0.1, 0.15) is 0 Å². The van der Waals surface area contributed by atoms with E-state index in [1.54, 1.807) is 11.3 Å². The van der Waals surface area contributed by atoms with Gasteiger partial charge in [0.15, 0.2) is 0 Å². The molecule has 0 aromatic carbocycles. The predicted octanol–water partition coefficient (Wildman–Crippen LogP) is 6.85. The average molecular weight is 338 g/mol. The van der Waals surface area contributed by atoms with Gasteiger partial charge in [-0.15, -0.1) is 22.9 Å². The molecule has 1 aromatic heterocycles. The molecule has 0 amide bonds. The van der Waals surface area contributed by atoms with Crippen LogP contribution in [0.2, 0.25) is 0 Å². The maximum Gasteiger partial charge on any atom is 0.0704 e. The number of unbranched alkanes of at least 4 members (excludes halogenated alkanes) is 5. The fraction of sp³-hybridized carbons (Fsp3) is 0.714. The van der Waals surface area contributed by atoms with E-state index in [4.69, 9.17) is 11.6 Å². The van der Waals surface area contributed by atoms with Crippen molar-refractivity contribution < 1.29 is 0 Å². The highest BCUT2D eigenvalue weighted by Crippen LogP contribution is 2.36. The highest BCUT2D eigenvalue weighted by molar-refractivity contribution is 9.11. The van der Waals surface area contributed by atoms with Crippen LogP contribution in [0.4, 0.5) is 0 Å². The smallest absolute Gasteiger partial charge is 0.0704 e. The minimum atomic E-state index is 0.198. The molecule has 0 fully saturated rings. The van der Waals surface area contributed by atoms with Crippen LogP contribution < -0.4 is 0 Å². The lowest BCUT2D eigenvalue weighted by Gasteiger charge is -2.08. The molecule has 0 nitrogen and oxygen atoms in total. The molecule has 1 heterocycles. The van der Waals surface area contributed by atoms with Crippen LogP contribution >= 0.6 is 38.9 Å². The predicted molar refractivity (Wildman–Crippen MR) is 83.3 cm³/mol. The molecule has 0 aliphatic rings. The maximum atomic E-state index is 6.45. The van der Waals surface area contributed by atoms with Crippen molar-refractivity contribution in [1.82, 2.24) is 0 Å². The van der Waals surface area contributed by atoms with Gasteiger partial charge in [0.25, 0.3) is 0 Å². The highest BCUT2D eigenvalue weighted by atomic mass is 79.9. The number of hydrogen-bond acceptors (Lipinski definition) is 1. The third-order valence-electron chi connectivity index (χ3n) is 3.07.